The van der Waals surface area contributed by atoms with E-state index in [-0.39, 0.29) is 0 Å². The zero-order chi connectivity index (χ0) is 13.1. The summed E-state index contributed by atoms with van der Waals surface area (Å²) in [6, 6.07) is 9.38. The predicted molar refractivity (Wildman–Crippen MR) is 77.1 cm³/mol. The average molecular weight is 255 g/mol. The molecular formula is C16H21N3. The quantitative estimate of drug-likeness (QED) is 0.910. The molecule has 2 aromatic rings. The molecule has 1 aromatic heterocycles. The van der Waals surface area contributed by atoms with Crippen molar-refractivity contribution in [2.45, 2.75) is 38.8 Å². The van der Waals surface area contributed by atoms with E-state index >= 15 is 0 Å². The second-order valence-electron chi connectivity index (χ2n) is 5.27. The molecule has 2 heterocycles. The van der Waals surface area contributed by atoms with Crippen molar-refractivity contribution in [1.29, 1.82) is 0 Å². The van der Waals surface area contributed by atoms with Gasteiger partial charge in [-0.1, -0.05) is 31.2 Å². The van der Waals surface area contributed by atoms with Crippen molar-refractivity contribution in [3.8, 4) is 0 Å². The number of hydrogen-bond donors (Lipinski definition) is 1. The van der Waals surface area contributed by atoms with E-state index in [1.165, 1.54) is 29.7 Å². The minimum absolute atomic E-state index is 0.484. The van der Waals surface area contributed by atoms with Crippen LogP contribution in [0.2, 0.25) is 0 Å². The lowest BCUT2D eigenvalue weighted by Crippen LogP contribution is -2.17. The van der Waals surface area contributed by atoms with Crippen LogP contribution in [0.3, 0.4) is 0 Å². The van der Waals surface area contributed by atoms with Crippen LogP contribution < -0.4 is 5.32 Å². The number of rotatable bonds is 4. The van der Waals surface area contributed by atoms with E-state index in [9.17, 15) is 0 Å². The van der Waals surface area contributed by atoms with E-state index in [2.05, 4.69) is 46.1 Å². The van der Waals surface area contributed by atoms with E-state index in [0.29, 0.717) is 6.04 Å². The van der Waals surface area contributed by atoms with Gasteiger partial charge in [-0.15, -0.1) is 0 Å². The van der Waals surface area contributed by atoms with Crippen LogP contribution in [-0.4, -0.2) is 16.1 Å². The average Bonchev–Trinajstić information content (AvgIpc) is 3.10. The summed E-state index contributed by atoms with van der Waals surface area (Å²) in [7, 11) is 0. The molecule has 3 rings (SSSR count). The third kappa shape index (κ3) is 2.71. The maximum Gasteiger partial charge on any atom is 0.0951 e. The van der Waals surface area contributed by atoms with Gasteiger partial charge in [0, 0.05) is 18.8 Å². The van der Waals surface area contributed by atoms with E-state index in [4.69, 9.17) is 0 Å². The number of imidazole rings is 1. The summed E-state index contributed by atoms with van der Waals surface area (Å²) >= 11 is 0. The van der Waals surface area contributed by atoms with Gasteiger partial charge in [0.2, 0.25) is 0 Å². The van der Waals surface area contributed by atoms with Crippen LogP contribution in [0.1, 0.15) is 42.6 Å². The predicted octanol–water partition coefficient (Wildman–Crippen LogP) is 2.92. The van der Waals surface area contributed by atoms with Gasteiger partial charge in [0.05, 0.1) is 12.0 Å². The number of nitrogens with zero attached hydrogens (tertiary/aromatic N) is 2. The molecular weight excluding hydrogens is 234 g/mol. The molecule has 1 saturated heterocycles. The zero-order valence-corrected chi connectivity index (χ0v) is 11.5. The fraction of sp³-hybridized carbons (Fsp3) is 0.438. The van der Waals surface area contributed by atoms with Crippen molar-refractivity contribution in [2.75, 3.05) is 6.54 Å². The molecule has 1 aliphatic heterocycles. The summed E-state index contributed by atoms with van der Waals surface area (Å²) in [5.41, 5.74) is 4.05. The summed E-state index contributed by atoms with van der Waals surface area (Å²) in [5, 5.41) is 3.54. The second kappa shape index (κ2) is 5.57. The molecule has 0 spiro atoms. The van der Waals surface area contributed by atoms with Gasteiger partial charge in [0.1, 0.15) is 0 Å². The van der Waals surface area contributed by atoms with E-state index < -0.39 is 0 Å². The Kier molecular flexibility index (Phi) is 3.65. The lowest BCUT2D eigenvalue weighted by atomic mass is 10.1. The molecule has 0 bridgehead atoms. The van der Waals surface area contributed by atoms with Crippen molar-refractivity contribution in [1.82, 2.24) is 14.9 Å². The van der Waals surface area contributed by atoms with Crippen molar-refractivity contribution in [2.24, 2.45) is 0 Å². The number of nitrogens with one attached hydrogen (secondary N) is 1. The molecule has 0 radical (unpaired) electrons. The normalized spacial score (nSPS) is 18.9. The highest BCUT2D eigenvalue weighted by Gasteiger charge is 2.19. The molecule has 0 aliphatic carbocycles. The first-order valence-electron chi connectivity index (χ1n) is 7.18. The Labute approximate surface area is 114 Å². The molecule has 0 amide bonds. The standard InChI is InChI=1S/C16H21N3/c1-2-13-5-7-14(8-6-13)11-19-12-17-10-16(19)15-4-3-9-18-15/h5-8,10,12,15,18H,2-4,9,11H2,1H3/t15-/m0/s1. The molecule has 100 valence electrons. The van der Waals surface area contributed by atoms with E-state index in [0.717, 1.165) is 19.5 Å². The van der Waals surface area contributed by atoms with Gasteiger partial charge in [-0.2, -0.15) is 0 Å². The summed E-state index contributed by atoms with van der Waals surface area (Å²) in [6.07, 6.45) is 7.54. The maximum absolute atomic E-state index is 4.32. The van der Waals surface area contributed by atoms with Gasteiger partial charge < -0.3 is 9.88 Å². The third-order valence-corrected chi connectivity index (χ3v) is 3.95. The SMILES string of the molecule is CCc1ccc(Cn2cncc2[C@@H]2CCCN2)cc1. The Morgan fingerprint density at radius 3 is 2.74 bits per heavy atom. The van der Waals surface area contributed by atoms with Gasteiger partial charge >= 0.3 is 0 Å². The second-order valence-corrected chi connectivity index (χ2v) is 5.27. The number of aryl methyl sites for hydroxylation is 1. The molecule has 0 saturated carbocycles. The smallest absolute Gasteiger partial charge is 0.0951 e. The van der Waals surface area contributed by atoms with Crippen LogP contribution in [0.15, 0.2) is 36.8 Å². The zero-order valence-electron chi connectivity index (χ0n) is 11.5. The van der Waals surface area contributed by atoms with Crippen LogP contribution in [0.4, 0.5) is 0 Å². The maximum atomic E-state index is 4.32. The van der Waals surface area contributed by atoms with Gasteiger partial charge in [0.25, 0.3) is 0 Å². The largest absolute Gasteiger partial charge is 0.329 e. The molecule has 1 atom stereocenters. The Bertz CT molecular complexity index is 521. The molecule has 1 aromatic carbocycles. The number of benzene rings is 1. The monoisotopic (exact) mass is 255 g/mol. The van der Waals surface area contributed by atoms with Crippen molar-refractivity contribution in [3.05, 3.63) is 53.6 Å². The van der Waals surface area contributed by atoms with Crippen LogP contribution in [0, 0.1) is 0 Å². The lowest BCUT2D eigenvalue weighted by Gasteiger charge is -2.14. The first-order chi connectivity index (χ1) is 9.36. The van der Waals surface area contributed by atoms with Crippen molar-refractivity contribution in [3.63, 3.8) is 0 Å². The van der Waals surface area contributed by atoms with Crippen molar-refractivity contribution < 1.29 is 0 Å². The van der Waals surface area contributed by atoms with E-state index in [1.54, 1.807) is 0 Å². The van der Waals surface area contributed by atoms with Gasteiger partial charge in [-0.05, 0) is 36.9 Å². The van der Waals surface area contributed by atoms with Gasteiger partial charge in [0.15, 0.2) is 0 Å². The fourth-order valence-corrected chi connectivity index (χ4v) is 2.77. The minimum Gasteiger partial charge on any atom is -0.329 e. The number of hydrogen-bond acceptors (Lipinski definition) is 2. The minimum atomic E-state index is 0.484. The highest BCUT2D eigenvalue weighted by molar-refractivity contribution is 5.23. The highest BCUT2D eigenvalue weighted by atomic mass is 15.1. The Hall–Kier alpha value is -1.61. The molecule has 19 heavy (non-hydrogen) atoms. The van der Waals surface area contributed by atoms with Crippen LogP contribution in [-0.2, 0) is 13.0 Å². The van der Waals surface area contributed by atoms with Crippen LogP contribution in [0.5, 0.6) is 0 Å². The molecule has 3 heteroatoms. The van der Waals surface area contributed by atoms with Crippen LogP contribution in [0.25, 0.3) is 0 Å². The van der Waals surface area contributed by atoms with E-state index in [1.807, 2.05) is 12.5 Å². The van der Waals surface area contributed by atoms with Gasteiger partial charge in [-0.3, -0.25) is 0 Å². The molecule has 3 nitrogen and oxygen atoms in total. The Morgan fingerprint density at radius 1 is 1.26 bits per heavy atom. The molecule has 0 unspecified atom stereocenters. The van der Waals surface area contributed by atoms with Crippen molar-refractivity contribution >= 4 is 0 Å². The molecule has 1 N–H and O–H groups in total. The first-order valence-corrected chi connectivity index (χ1v) is 7.18. The lowest BCUT2D eigenvalue weighted by molar-refractivity contribution is 0.584. The van der Waals surface area contributed by atoms with Gasteiger partial charge in [-0.25, -0.2) is 4.98 Å². The summed E-state index contributed by atoms with van der Waals surface area (Å²) in [6.45, 7) is 4.23. The summed E-state index contributed by atoms with van der Waals surface area (Å²) in [5.74, 6) is 0. The molecule has 1 fully saturated rings. The highest BCUT2D eigenvalue weighted by Crippen LogP contribution is 2.23. The summed E-state index contributed by atoms with van der Waals surface area (Å²) in [4.78, 5) is 4.32. The Morgan fingerprint density at radius 2 is 2.05 bits per heavy atom. The first kappa shape index (κ1) is 12.4. The fourth-order valence-electron chi connectivity index (χ4n) is 2.77. The van der Waals surface area contributed by atoms with Crippen LogP contribution >= 0.6 is 0 Å². The summed E-state index contributed by atoms with van der Waals surface area (Å²) < 4.78 is 2.27. The molecule has 1 aliphatic rings. The third-order valence-electron chi connectivity index (χ3n) is 3.95. The Balaban J connectivity index is 1.77. The number of aromatic nitrogens is 2. The topological polar surface area (TPSA) is 29.9 Å².